The van der Waals surface area contributed by atoms with Crippen molar-refractivity contribution < 1.29 is 17.9 Å². The van der Waals surface area contributed by atoms with Crippen LogP contribution in [0.2, 0.25) is 5.02 Å². The van der Waals surface area contributed by atoms with E-state index in [-0.39, 0.29) is 6.54 Å². The lowest BCUT2D eigenvalue weighted by Crippen LogP contribution is -2.37. The van der Waals surface area contributed by atoms with Crippen LogP contribution in [0.1, 0.15) is 11.1 Å². The van der Waals surface area contributed by atoms with E-state index in [2.05, 4.69) is 5.32 Å². The summed E-state index contributed by atoms with van der Waals surface area (Å²) in [6.45, 7) is 1.86. The van der Waals surface area contributed by atoms with E-state index in [1.807, 2.05) is 37.3 Å². The van der Waals surface area contributed by atoms with Gasteiger partial charge >= 0.3 is 0 Å². The Morgan fingerprint density at radius 1 is 1.03 bits per heavy atom. The summed E-state index contributed by atoms with van der Waals surface area (Å²) in [5, 5.41) is 3.29. The van der Waals surface area contributed by atoms with Crippen molar-refractivity contribution in [2.45, 2.75) is 13.5 Å². The van der Waals surface area contributed by atoms with E-state index in [4.69, 9.17) is 16.3 Å². The lowest BCUT2D eigenvalue weighted by atomic mass is 10.2. The number of ether oxygens (including phenoxy) is 1. The van der Waals surface area contributed by atoms with Crippen LogP contribution in [0.5, 0.6) is 5.75 Å². The summed E-state index contributed by atoms with van der Waals surface area (Å²) in [4.78, 5) is 12.5. The largest absolute Gasteiger partial charge is 0.489 e. The molecule has 6 nitrogen and oxygen atoms in total. The number of rotatable bonds is 8. The van der Waals surface area contributed by atoms with Crippen molar-refractivity contribution in [2.75, 3.05) is 22.4 Å². The van der Waals surface area contributed by atoms with Gasteiger partial charge in [-0.25, -0.2) is 8.42 Å². The first-order chi connectivity index (χ1) is 14.7. The number of halogens is 1. The molecule has 0 atom stereocenters. The summed E-state index contributed by atoms with van der Waals surface area (Å²) in [5.41, 5.74) is 2.76. The van der Waals surface area contributed by atoms with Crippen molar-refractivity contribution >= 4 is 38.9 Å². The second-order valence-corrected chi connectivity index (χ2v) is 9.39. The Kier molecular flexibility index (Phi) is 7.20. The minimum absolute atomic E-state index is 0.356. The fourth-order valence-electron chi connectivity index (χ4n) is 2.94. The molecule has 0 spiro atoms. The van der Waals surface area contributed by atoms with E-state index in [0.29, 0.717) is 28.8 Å². The predicted molar refractivity (Wildman–Crippen MR) is 124 cm³/mol. The Labute approximate surface area is 187 Å². The number of carbonyl (C=O) groups is 1. The summed E-state index contributed by atoms with van der Waals surface area (Å²) >= 11 is 5.94. The highest BCUT2D eigenvalue weighted by atomic mass is 35.5. The molecule has 0 fully saturated rings. The number of nitrogens with one attached hydrogen (secondary N) is 1. The molecular formula is C23H23ClN2O4S. The highest BCUT2D eigenvalue weighted by Crippen LogP contribution is 2.23. The Morgan fingerprint density at radius 2 is 1.71 bits per heavy atom. The van der Waals surface area contributed by atoms with Crippen LogP contribution in [0.4, 0.5) is 11.4 Å². The molecule has 0 aliphatic heterocycles. The maximum atomic E-state index is 12.5. The van der Waals surface area contributed by atoms with Crippen LogP contribution in [0, 0.1) is 6.92 Å². The zero-order valence-electron chi connectivity index (χ0n) is 17.2. The maximum absolute atomic E-state index is 12.5. The van der Waals surface area contributed by atoms with E-state index >= 15 is 0 Å². The average Bonchev–Trinajstić information content (AvgIpc) is 2.73. The first kappa shape index (κ1) is 22.7. The zero-order chi connectivity index (χ0) is 22.4. The first-order valence-corrected chi connectivity index (χ1v) is 11.8. The van der Waals surface area contributed by atoms with Gasteiger partial charge in [-0.1, -0.05) is 41.9 Å². The number of sulfonamides is 1. The molecule has 1 amide bonds. The molecular weight excluding hydrogens is 436 g/mol. The molecule has 0 saturated carbocycles. The van der Waals surface area contributed by atoms with E-state index in [1.54, 1.807) is 42.5 Å². The van der Waals surface area contributed by atoms with Crippen LogP contribution in [0.3, 0.4) is 0 Å². The molecule has 0 aliphatic carbocycles. The SMILES string of the molecule is Cc1cc(Cl)ccc1NC(=O)CN(c1ccc(OCc2ccccc2)cc1)S(C)(=O)=O. The minimum Gasteiger partial charge on any atom is -0.489 e. The zero-order valence-corrected chi connectivity index (χ0v) is 18.8. The van der Waals surface area contributed by atoms with Crippen LogP contribution < -0.4 is 14.4 Å². The molecule has 3 aromatic carbocycles. The van der Waals surface area contributed by atoms with Crippen molar-refractivity contribution in [3.8, 4) is 5.75 Å². The number of hydrogen-bond acceptors (Lipinski definition) is 4. The topological polar surface area (TPSA) is 75.7 Å². The number of hydrogen-bond donors (Lipinski definition) is 1. The lowest BCUT2D eigenvalue weighted by Gasteiger charge is -2.22. The molecule has 8 heteroatoms. The van der Waals surface area contributed by atoms with Crippen molar-refractivity contribution in [3.63, 3.8) is 0 Å². The smallest absolute Gasteiger partial charge is 0.245 e. The molecule has 1 N–H and O–H groups in total. The van der Waals surface area contributed by atoms with Gasteiger partial charge in [0.1, 0.15) is 18.9 Å². The van der Waals surface area contributed by atoms with Crippen LogP contribution in [-0.4, -0.2) is 27.1 Å². The number of amides is 1. The van der Waals surface area contributed by atoms with Crippen molar-refractivity contribution in [2.24, 2.45) is 0 Å². The van der Waals surface area contributed by atoms with Crippen LogP contribution >= 0.6 is 11.6 Å². The van der Waals surface area contributed by atoms with Crippen molar-refractivity contribution in [1.29, 1.82) is 0 Å². The second-order valence-electron chi connectivity index (χ2n) is 7.05. The van der Waals surface area contributed by atoms with Gasteiger partial charge in [-0.3, -0.25) is 9.10 Å². The van der Waals surface area contributed by atoms with Gasteiger partial charge in [0, 0.05) is 10.7 Å². The van der Waals surface area contributed by atoms with Gasteiger partial charge < -0.3 is 10.1 Å². The number of anilines is 2. The third-order valence-corrected chi connectivity index (χ3v) is 5.90. The Bertz CT molecular complexity index is 1150. The fraction of sp³-hybridized carbons (Fsp3) is 0.174. The van der Waals surface area contributed by atoms with Crippen molar-refractivity contribution in [1.82, 2.24) is 0 Å². The molecule has 0 aliphatic rings. The number of benzene rings is 3. The molecule has 0 aromatic heterocycles. The molecule has 0 bridgehead atoms. The normalized spacial score (nSPS) is 11.1. The predicted octanol–water partition coefficient (Wildman–Crippen LogP) is 4.63. The Morgan fingerprint density at radius 3 is 2.32 bits per heavy atom. The van der Waals surface area contributed by atoms with E-state index < -0.39 is 15.9 Å². The third kappa shape index (κ3) is 6.47. The first-order valence-electron chi connectivity index (χ1n) is 9.53. The van der Waals surface area contributed by atoms with Gasteiger partial charge in [-0.05, 0) is 60.5 Å². The molecule has 3 rings (SSSR count). The Balaban J connectivity index is 1.69. The van der Waals surface area contributed by atoms with Gasteiger partial charge in [0.05, 0.1) is 11.9 Å². The summed E-state index contributed by atoms with van der Waals surface area (Å²) in [6, 6.07) is 21.4. The monoisotopic (exact) mass is 458 g/mol. The minimum atomic E-state index is -3.68. The van der Waals surface area contributed by atoms with Gasteiger partial charge in [0.25, 0.3) is 0 Å². The van der Waals surface area contributed by atoms with Crippen LogP contribution in [0.15, 0.2) is 72.8 Å². The van der Waals surface area contributed by atoms with Gasteiger partial charge in [0.15, 0.2) is 0 Å². The molecule has 162 valence electrons. The number of aryl methyl sites for hydroxylation is 1. The van der Waals surface area contributed by atoms with Gasteiger partial charge in [-0.2, -0.15) is 0 Å². The summed E-state index contributed by atoms with van der Waals surface area (Å²) in [7, 11) is -3.68. The summed E-state index contributed by atoms with van der Waals surface area (Å²) in [5.74, 6) is 0.141. The fourth-order valence-corrected chi connectivity index (χ4v) is 4.02. The van der Waals surface area contributed by atoms with E-state index in [1.165, 1.54) is 0 Å². The molecule has 0 unspecified atom stereocenters. The quantitative estimate of drug-likeness (QED) is 0.534. The average molecular weight is 459 g/mol. The van der Waals surface area contributed by atoms with Crippen molar-refractivity contribution in [3.05, 3.63) is 88.9 Å². The molecule has 0 saturated heterocycles. The van der Waals surface area contributed by atoms with E-state index in [0.717, 1.165) is 21.7 Å². The number of carbonyl (C=O) groups excluding carboxylic acids is 1. The Hall–Kier alpha value is -3.03. The highest BCUT2D eigenvalue weighted by Gasteiger charge is 2.21. The highest BCUT2D eigenvalue weighted by molar-refractivity contribution is 7.92. The second kappa shape index (κ2) is 9.85. The summed E-state index contributed by atoms with van der Waals surface area (Å²) in [6.07, 6.45) is 1.06. The third-order valence-electron chi connectivity index (χ3n) is 4.52. The molecule has 3 aromatic rings. The number of nitrogens with zero attached hydrogens (tertiary/aromatic N) is 1. The van der Waals surface area contributed by atoms with Crippen LogP contribution in [-0.2, 0) is 21.4 Å². The van der Waals surface area contributed by atoms with Gasteiger partial charge in [0.2, 0.25) is 15.9 Å². The summed E-state index contributed by atoms with van der Waals surface area (Å²) < 4.78 is 31.4. The standard InChI is InChI=1S/C23H23ClN2O4S/c1-17-14-19(24)8-13-22(17)25-23(27)15-26(31(2,28)29)20-9-11-21(12-10-20)30-16-18-6-4-3-5-7-18/h3-14H,15-16H2,1-2H3,(H,25,27). The van der Waals surface area contributed by atoms with E-state index in [9.17, 15) is 13.2 Å². The molecule has 0 radical (unpaired) electrons. The maximum Gasteiger partial charge on any atom is 0.245 e. The lowest BCUT2D eigenvalue weighted by molar-refractivity contribution is -0.114. The van der Waals surface area contributed by atoms with Gasteiger partial charge in [-0.15, -0.1) is 0 Å². The van der Waals surface area contributed by atoms with Crippen LogP contribution in [0.25, 0.3) is 0 Å². The molecule has 0 heterocycles. The molecule has 31 heavy (non-hydrogen) atoms.